The van der Waals surface area contributed by atoms with E-state index in [9.17, 15) is 8.42 Å². The smallest absolute Gasteiger partial charge is 0.244 e. The number of pyridine rings is 1. The zero-order chi connectivity index (χ0) is 20.6. The van der Waals surface area contributed by atoms with Crippen molar-refractivity contribution in [1.82, 2.24) is 9.71 Å². The van der Waals surface area contributed by atoms with Crippen molar-refractivity contribution in [3.05, 3.63) is 52.7 Å². The molecule has 0 unspecified atom stereocenters. The minimum absolute atomic E-state index is 0.218. The molecule has 1 heterocycles. The van der Waals surface area contributed by atoms with Crippen molar-refractivity contribution in [3.63, 3.8) is 0 Å². The van der Waals surface area contributed by atoms with E-state index in [0.717, 1.165) is 30.6 Å². The molecule has 156 valence electrons. The molecule has 2 aromatic rings. The number of hydrogen-bond donors (Lipinski definition) is 2. The van der Waals surface area contributed by atoms with E-state index in [1.165, 1.54) is 24.0 Å². The fourth-order valence-electron chi connectivity index (χ4n) is 3.63. The van der Waals surface area contributed by atoms with Gasteiger partial charge in [0.05, 0.1) is 0 Å². The average molecular weight is 432 g/mol. The molecule has 2 aliphatic carbocycles. The highest BCUT2D eigenvalue weighted by atomic mass is 32.2. The number of sulfonamides is 1. The van der Waals surface area contributed by atoms with Crippen LogP contribution in [0.4, 0.5) is 5.82 Å². The molecule has 2 aliphatic rings. The van der Waals surface area contributed by atoms with Gasteiger partial charge >= 0.3 is 0 Å². The van der Waals surface area contributed by atoms with Crippen molar-refractivity contribution in [1.29, 1.82) is 0 Å². The van der Waals surface area contributed by atoms with Crippen LogP contribution in [0.25, 0.3) is 0 Å². The van der Waals surface area contributed by atoms with Gasteiger partial charge in [-0.25, -0.2) is 18.1 Å². The second kappa shape index (κ2) is 7.93. The van der Waals surface area contributed by atoms with Crippen LogP contribution < -0.4 is 10.0 Å². The van der Waals surface area contributed by atoms with E-state index in [4.69, 9.17) is 0 Å². The van der Waals surface area contributed by atoms with Gasteiger partial charge < -0.3 is 5.32 Å². The molecule has 29 heavy (non-hydrogen) atoms. The Bertz CT molecular complexity index is 1010. The second-order valence-electron chi connectivity index (χ2n) is 8.39. The zero-order valence-electron chi connectivity index (χ0n) is 17.3. The molecule has 0 amide bonds. The molecule has 0 atom stereocenters. The van der Waals surface area contributed by atoms with Gasteiger partial charge in [0.25, 0.3) is 0 Å². The van der Waals surface area contributed by atoms with Gasteiger partial charge in [0.2, 0.25) is 10.0 Å². The van der Waals surface area contributed by atoms with Crippen LogP contribution in [0, 0.1) is 13.8 Å². The molecule has 0 spiro atoms. The first-order valence-corrected chi connectivity index (χ1v) is 12.9. The lowest BCUT2D eigenvalue weighted by Crippen LogP contribution is -2.26. The predicted octanol–water partition coefficient (Wildman–Crippen LogP) is 4.36. The van der Waals surface area contributed by atoms with E-state index in [-0.39, 0.29) is 16.2 Å². The first-order valence-electron chi connectivity index (χ1n) is 10.2. The van der Waals surface area contributed by atoms with Gasteiger partial charge in [-0.05, 0) is 75.0 Å². The highest BCUT2D eigenvalue weighted by Crippen LogP contribution is 2.47. The molecule has 7 heteroatoms. The summed E-state index contributed by atoms with van der Waals surface area (Å²) in [5.41, 5.74) is 4.30. The van der Waals surface area contributed by atoms with Crippen LogP contribution in [0.3, 0.4) is 0 Å². The lowest BCUT2D eigenvalue weighted by molar-refractivity contribution is 0.581. The van der Waals surface area contributed by atoms with E-state index in [1.54, 1.807) is 12.1 Å². The Balaban J connectivity index is 1.51. The average Bonchev–Trinajstić information content (AvgIpc) is 3.59. The molecular formula is C22H29N3O2S2. The maximum absolute atomic E-state index is 13.1. The Hall–Kier alpha value is -1.57. The minimum Gasteiger partial charge on any atom is -0.368 e. The minimum atomic E-state index is -3.67. The summed E-state index contributed by atoms with van der Waals surface area (Å²) in [5, 5.41) is 3.30. The van der Waals surface area contributed by atoms with Crippen LogP contribution >= 0.6 is 11.8 Å². The third-order valence-electron chi connectivity index (χ3n) is 5.78. The van der Waals surface area contributed by atoms with Crippen LogP contribution in [-0.4, -0.2) is 30.9 Å². The van der Waals surface area contributed by atoms with Crippen LogP contribution in [0.5, 0.6) is 0 Å². The van der Waals surface area contributed by atoms with Crippen LogP contribution in [0.1, 0.15) is 54.0 Å². The van der Waals surface area contributed by atoms with Crippen molar-refractivity contribution in [2.75, 3.05) is 18.1 Å². The topological polar surface area (TPSA) is 71.1 Å². The Morgan fingerprint density at radius 2 is 1.93 bits per heavy atom. The van der Waals surface area contributed by atoms with Crippen molar-refractivity contribution in [2.45, 2.75) is 61.6 Å². The molecule has 2 N–H and O–H groups in total. The number of aromatic nitrogens is 1. The van der Waals surface area contributed by atoms with E-state index < -0.39 is 10.0 Å². The van der Waals surface area contributed by atoms with Gasteiger partial charge in [0.15, 0.2) is 0 Å². The number of rotatable bonds is 9. The van der Waals surface area contributed by atoms with Crippen molar-refractivity contribution < 1.29 is 8.42 Å². The monoisotopic (exact) mass is 431 g/mol. The molecular weight excluding hydrogens is 402 g/mol. The molecule has 0 bridgehead atoms. The largest absolute Gasteiger partial charge is 0.368 e. The van der Waals surface area contributed by atoms with Crippen LogP contribution in [0.2, 0.25) is 0 Å². The molecule has 2 fully saturated rings. The number of anilines is 1. The fraction of sp³-hybridized carbons (Fsp3) is 0.500. The Labute approximate surface area is 178 Å². The third-order valence-corrected chi connectivity index (χ3v) is 8.63. The number of nitrogens with one attached hydrogen (secondary N) is 2. The lowest BCUT2D eigenvalue weighted by Gasteiger charge is -2.17. The molecule has 1 aromatic carbocycles. The maximum atomic E-state index is 13.1. The van der Waals surface area contributed by atoms with Gasteiger partial charge in [0.1, 0.15) is 10.7 Å². The summed E-state index contributed by atoms with van der Waals surface area (Å²) in [4.78, 5) is 4.70. The molecule has 1 aromatic heterocycles. The first-order chi connectivity index (χ1) is 13.8. The summed E-state index contributed by atoms with van der Waals surface area (Å²) in [5.74, 6) is 1.09. The summed E-state index contributed by atoms with van der Waals surface area (Å²) in [7, 11) is -3.67. The summed E-state index contributed by atoms with van der Waals surface area (Å²) < 4.78 is 29.1. The quantitative estimate of drug-likeness (QED) is 0.617. The van der Waals surface area contributed by atoms with Gasteiger partial charge in [0, 0.05) is 23.5 Å². The summed E-state index contributed by atoms with van der Waals surface area (Å²) in [6.45, 7) is 4.96. The van der Waals surface area contributed by atoms with E-state index in [0.29, 0.717) is 11.7 Å². The SMILES string of the molecule is CSC1(CNc2nc(C)ccc2S(=O)(=O)NCc2cc(C)cc(C3CC3)c2)CC1. The van der Waals surface area contributed by atoms with Crippen molar-refractivity contribution in [3.8, 4) is 0 Å². The Morgan fingerprint density at radius 1 is 1.17 bits per heavy atom. The van der Waals surface area contributed by atoms with E-state index in [1.807, 2.05) is 18.7 Å². The number of thioether (sulfide) groups is 1. The Kier molecular flexibility index (Phi) is 5.66. The van der Waals surface area contributed by atoms with E-state index >= 15 is 0 Å². The second-order valence-corrected chi connectivity index (χ2v) is 11.4. The van der Waals surface area contributed by atoms with Gasteiger partial charge in [-0.1, -0.05) is 23.8 Å². The van der Waals surface area contributed by atoms with Crippen LogP contribution in [0.15, 0.2) is 35.2 Å². The predicted molar refractivity (Wildman–Crippen MR) is 120 cm³/mol. The van der Waals surface area contributed by atoms with Gasteiger partial charge in [-0.2, -0.15) is 11.8 Å². The van der Waals surface area contributed by atoms with Crippen LogP contribution in [-0.2, 0) is 16.6 Å². The molecule has 2 saturated carbocycles. The molecule has 0 aliphatic heterocycles. The van der Waals surface area contributed by atoms with Crippen molar-refractivity contribution in [2.24, 2.45) is 0 Å². The lowest BCUT2D eigenvalue weighted by atomic mass is 10.0. The first kappa shape index (κ1) is 20.7. The van der Waals surface area contributed by atoms with Gasteiger partial charge in [-0.3, -0.25) is 0 Å². The van der Waals surface area contributed by atoms with Crippen molar-refractivity contribution >= 4 is 27.6 Å². The number of nitrogens with zero attached hydrogens (tertiary/aromatic N) is 1. The maximum Gasteiger partial charge on any atom is 0.244 e. The Morgan fingerprint density at radius 3 is 2.59 bits per heavy atom. The normalized spacial score (nSPS) is 17.9. The highest BCUT2D eigenvalue weighted by Gasteiger charge is 2.42. The fourth-order valence-corrected chi connectivity index (χ4v) is 5.49. The number of hydrogen-bond acceptors (Lipinski definition) is 5. The molecule has 4 rings (SSSR count). The summed E-state index contributed by atoms with van der Waals surface area (Å²) >= 11 is 1.84. The highest BCUT2D eigenvalue weighted by molar-refractivity contribution is 8.00. The molecule has 0 radical (unpaired) electrons. The third kappa shape index (κ3) is 4.95. The summed E-state index contributed by atoms with van der Waals surface area (Å²) in [6, 6.07) is 9.79. The summed E-state index contributed by atoms with van der Waals surface area (Å²) in [6.07, 6.45) is 6.88. The number of benzene rings is 1. The zero-order valence-corrected chi connectivity index (χ0v) is 18.9. The molecule has 0 saturated heterocycles. The molecule has 5 nitrogen and oxygen atoms in total. The van der Waals surface area contributed by atoms with E-state index in [2.05, 4.69) is 46.4 Å². The number of aryl methyl sites for hydroxylation is 2. The standard InChI is InChI=1S/C22H29N3O2S2/c1-15-10-17(12-19(11-15)18-5-6-18)13-24-29(26,27)20-7-4-16(2)25-21(20)23-14-22(28-3)8-9-22/h4,7,10-12,18,24H,5-6,8-9,13-14H2,1-3H3,(H,23,25). The van der Waals surface area contributed by atoms with Gasteiger partial charge in [-0.15, -0.1) is 0 Å².